The second kappa shape index (κ2) is 7.46. The maximum Gasteiger partial charge on any atom is 0.301 e. The van der Waals surface area contributed by atoms with Crippen LogP contribution >= 0.6 is 67.8 Å². The number of nitrogens with one attached hydrogen (secondary N) is 1. The Morgan fingerprint density at radius 2 is 1.90 bits per heavy atom. The Morgan fingerprint density at radius 3 is 2.48 bits per heavy atom. The molecular weight excluding hydrogens is 613 g/mol. The molecule has 0 bridgehead atoms. The molecule has 2 rings (SSSR count). The first kappa shape index (κ1) is 17.3. The second-order valence-electron chi connectivity index (χ2n) is 4.19. The highest BCUT2D eigenvalue weighted by molar-refractivity contribution is 14.1. The van der Waals surface area contributed by atoms with Crippen molar-refractivity contribution < 1.29 is 13.9 Å². The van der Waals surface area contributed by atoms with Gasteiger partial charge in [-0.3, -0.25) is 10.2 Å². The van der Waals surface area contributed by atoms with E-state index in [0.29, 0.717) is 5.76 Å². The number of benzene rings is 1. The number of amides is 1. The van der Waals surface area contributed by atoms with Crippen molar-refractivity contribution in [1.29, 1.82) is 0 Å². The Kier molecular flexibility index (Phi) is 6.14. The highest BCUT2D eigenvalue weighted by atomic mass is 127. The molecule has 112 valence electrons. The Labute approximate surface area is 162 Å². The summed E-state index contributed by atoms with van der Waals surface area (Å²) in [4.78, 5) is 11.5. The van der Waals surface area contributed by atoms with E-state index in [4.69, 9.17) is 15.0 Å². The van der Waals surface area contributed by atoms with E-state index < -0.39 is 5.91 Å². The molecular formula is C13H11I3N2O3. The average molecular weight is 624 g/mol. The van der Waals surface area contributed by atoms with Crippen molar-refractivity contribution in [2.24, 2.45) is 5.84 Å². The second-order valence-corrected chi connectivity index (χ2v) is 7.76. The lowest BCUT2D eigenvalue weighted by atomic mass is 10.2. The van der Waals surface area contributed by atoms with Crippen LogP contribution < -0.4 is 16.0 Å². The van der Waals surface area contributed by atoms with Crippen LogP contribution in [0.5, 0.6) is 5.75 Å². The van der Waals surface area contributed by atoms with E-state index in [2.05, 4.69) is 73.2 Å². The summed E-state index contributed by atoms with van der Waals surface area (Å²) < 4.78 is 14.5. The van der Waals surface area contributed by atoms with Gasteiger partial charge in [0.25, 0.3) is 0 Å². The summed E-state index contributed by atoms with van der Waals surface area (Å²) in [6.45, 7) is 2.04. The summed E-state index contributed by atoms with van der Waals surface area (Å²) in [7, 11) is 0. The monoisotopic (exact) mass is 624 g/mol. The van der Waals surface area contributed by atoms with Crippen LogP contribution in [-0.2, 0) is 6.61 Å². The van der Waals surface area contributed by atoms with Crippen LogP contribution in [0.2, 0.25) is 0 Å². The standard InChI is InChI=1S/C13H11I3N2O3/c1-6-2-8(21-11(6)13(19)18-17)5-20-12-9(15)3-7(14)4-10(12)16/h2-4H,5,17H2,1H3,(H,18,19). The average Bonchev–Trinajstić information content (AvgIpc) is 2.78. The minimum atomic E-state index is -0.447. The van der Waals surface area contributed by atoms with Gasteiger partial charge in [-0.05, 0) is 92.9 Å². The van der Waals surface area contributed by atoms with Crippen molar-refractivity contribution in [3.05, 3.63) is 46.0 Å². The molecule has 0 saturated heterocycles. The van der Waals surface area contributed by atoms with Crippen LogP contribution in [0, 0.1) is 17.6 Å². The van der Waals surface area contributed by atoms with E-state index >= 15 is 0 Å². The van der Waals surface area contributed by atoms with Gasteiger partial charge in [-0.25, -0.2) is 5.84 Å². The predicted molar refractivity (Wildman–Crippen MR) is 104 cm³/mol. The molecule has 0 atom stereocenters. The number of nitrogen functional groups attached to an aromatic ring is 1. The molecule has 0 spiro atoms. The van der Waals surface area contributed by atoms with Crippen molar-refractivity contribution in [3.8, 4) is 5.75 Å². The number of hydrogen-bond acceptors (Lipinski definition) is 4. The van der Waals surface area contributed by atoms with Crippen LogP contribution in [0.15, 0.2) is 22.6 Å². The van der Waals surface area contributed by atoms with Crippen molar-refractivity contribution in [3.63, 3.8) is 0 Å². The number of ether oxygens (including phenoxy) is 1. The molecule has 0 aliphatic rings. The fraction of sp³-hybridized carbons (Fsp3) is 0.154. The van der Waals surface area contributed by atoms with Gasteiger partial charge < -0.3 is 9.15 Å². The predicted octanol–water partition coefficient (Wildman–Crippen LogP) is 3.58. The van der Waals surface area contributed by atoms with E-state index in [1.54, 1.807) is 13.0 Å². The van der Waals surface area contributed by atoms with Gasteiger partial charge >= 0.3 is 5.91 Å². The Bertz CT molecular complexity index is 662. The molecule has 21 heavy (non-hydrogen) atoms. The van der Waals surface area contributed by atoms with Crippen molar-refractivity contribution >= 4 is 73.7 Å². The molecule has 1 amide bonds. The Hall–Kier alpha value is -0.0800. The largest absolute Gasteiger partial charge is 0.483 e. The quantitative estimate of drug-likeness (QED) is 0.236. The van der Waals surface area contributed by atoms with E-state index in [-0.39, 0.29) is 12.4 Å². The molecule has 3 N–H and O–H groups in total. The third-order valence-corrected chi connectivity index (χ3v) is 4.85. The van der Waals surface area contributed by atoms with Gasteiger partial charge in [-0.2, -0.15) is 0 Å². The summed E-state index contributed by atoms with van der Waals surface area (Å²) >= 11 is 6.74. The summed E-state index contributed by atoms with van der Waals surface area (Å²) in [6, 6.07) is 5.86. The van der Waals surface area contributed by atoms with E-state index in [9.17, 15) is 4.79 Å². The summed E-state index contributed by atoms with van der Waals surface area (Å²) in [5.41, 5.74) is 2.78. The molecule has 0 fully saturated rings. The lowest BCUT2D eigenvalue weighted by Crippen LogP contribution is -2.30. The maximum atomic E-state index is 11.5. The number of halogens is 3. The molecule has 2 aromatic rings. The van der Waals surface area contributed by atoms with Gasteiger partial charge in [-0.1, -0.05) is 0 Å². The normalized spacial score (nSPS) is 10.5. The van der Waals surface area contributed by atoms with Gasteiger partial charge in [0.1, 0.15) is 18.1 Å². The number of rotatable bonds is 4. The first-order valence-corrected chi connectivity index (χ1v) is 9.03. The number of furan rings is 1. The van der Waals surface area contributed by atoms with Crippen LogP contribution in [0.4, 0.5) is 0 Å². The van der Waals surface area contributed by atoms with Crippen LogP contribution in [0.25, 0.3) is 0 Å². The molecule has 5 nitrogen and oxygen atoms in total. The number of carbonyl (C=O) groups is 1. The molecule has 0 unspecified atom stereocenters. The van der Waals surface area contributed by atoms with Gasteiger partial charge in [0.2, 0.25) is 0 Å². The number of carbonyl (C=O) groups excluding carboxylic acids is 1. The zero-order valence-corrected chi connectivity index (χ0v) is 17.3. The van der Waals surface area contributed by atoms with Crippen LogP contribution in [0.3, 0.4) is 0 Å². The van der Waals surface area contributed by atoms with Crippen molar-refractivity contribution in [2.45, 2.75) is 13.5 Å². The molecule has 0 radical (unpaired) electrons. The minimum Gasteiger partial charge on any atom is -0.483 e. The summed E-state index contributed by atoms with van der Waals surface area (Å²) in [5, 5.41) is 0. The number of hydrogen-bond donors (Lipinski definition) is 2. The fourth-order valence-electron chi connectivity index (χ4n) is 1.72. The third kappa shape index (κ3) is 4.22. The molecule has 1 heterocycles. The highest BCUT2D eigenvalue weighted by Gasteiger charge is 2.16. The summed E-state index contributed by atoms with van der Waals surface area (Å²) in [5.74, 6) is 6.27. The van der Waals surface area contributed by atoms with Crippen molar-refractivity contribution in [1.82, 2.24) is 5.43 Å². The van der Waals surface area contributed by atoms with E-state index in [1.165, 1.54) is 0 Å². The molecule has 1 aromatic heterocycles. The zero-order valence-electron chi connectivity index (χ0n) is 10.9. The lowest BCUT2D eigenvalue weighted by Gasteiger charge is -2.09. The highest BCUT2D eigenvalue weighted by Crippen LogP contribution is 2.30. The molecule has 0 aliphatic carbocycles. The van der Waals surface area contributed by atoms with Crippen molar-refractivity contribution in [2.75, 3.05) is 0 Å². The Morgan fingerprint density at radius 1 is 1.29 bits per heavy atom. The van der Waals surface area contributed by atoms with E-state index in [1.807, 2.05) is 12.1 Å². The SMILES string of the molecule is Cc1cc(COc2c(I)cc(I)cc2I)oc1C(=O)NN. The Balaban J connectivity index is 2.16. The van der Waals surface area contributed by atoms with Gasteiger partial charge in [0, 0.05) is 9.13 Å². The molecule has 0 aliphatic heterocycles. The number of aryl methyl sites for hydroxylation is 1. The maximum absolute atomic E-state index is 11.5. The molecule has 8 heteroatoms. The van der Waals surface area contributed by atoms with E-state index in [0.717, 1.165) is 22.0 Å². The van der Waals surface area contributed by atoms with Crippen LogP contribution in [-0.4, -0.2) is 5.91 Å². The minimum absolute atomic E-state index is 0.211. The van der Waals surface area contributed by atoms with Gasteiger partial charge in [0.05, 0.1) is 7.14 Å². The fourth-order valence-corrected chi connectivity index (χ4v) is 5.61. The first-order valence-electron chi connectivity index (χ1n) is 5.80. The topological polar surface area (TPSA) is 77.5 Å². The lowest BCUT2D eigenvalue weighted by molar-refractivity contribution is 0.0921. The number of hydrazine groups is 1. The molecule has 1 aromatic carbocycles. The van der Waals surface area contributed by atoms with Gasteiger partial charge in [-0.15, -0.1) is 0 Å². The summed E-state index contributed by atoms with van der Waals surface area (Å²) in [6.07, 6.45) is 0. The van der Waals surface area contributed by atoms with Crippen LogP contribution in [0.1, 0.15) is 21.9 Å². The number of nitrogens with two attached hydrogens (primary N) is 1. The third-order valence-electron chi connectivity index (χ3n) is 2.63. The first-order chi connectivity index (χ1) is 9.92. The zero-order chi connectivity index (χ0) is 15.6. The molecule has 0 saturated carbocycles. The smallest absolute Gasteiger partial charge is 0.301 e. The van der Waals surface area contributed by atoms with Gasteiger partial charge in [0.15, 0.2) is 5.76 Å².